The lowest BCUT2D eigenvalue weighted by Gasteiger charge is -2.63. The van der Waals surface area contributed by atoms with E-state index in [1.54, 1.807) is 12.1 Å². The number of likely N-dealkylation sites (tertiary alicyclic amines) is 1. The highest BCUT2D eigenvalue weighted by Crippen LogP contribution is 2.69. The van der Waals surface area contributed by atoms with Gasteiger partial charge in [-0.1, -0.05) is 12.1 Å². The molecule has 50 heavy (non-hydrogen) atoms. The van der Waals surface area contributed by atoms with Crippen LogP contribution in [0.5, 0.6) is 23.0 Å². The van der Waals surface area contributed by atoms with E-state index >= 15 is 0 Å². The number of phenolic OH excluding ortho intramolecular Hbond substituents is 2. The highest BCUT2D eigenvalue weighted by atomic mass is 16.5. The molecule has 1 spiro atoms. The first kappa shape index (κ1) is 29.3. The molecular formula is C41H47N3O6. The number of hydrogen-bond donors (Lipinski definition) is 5. The molecule has 3 aromatic rings. The van der Waals surface area contributed by atoms with Crippen LogP contribution in [0.2, 0.25) is 0 Å². The largest absolute Gasteiger partial charge is 0.504 e. The van der Waals surface area contributed by atoms with Crippen molar-refractivity contribution in [1.82, 2.24) is 14.8 Å². The lowest BCUT2D eigenvalue weighted by Crippen LogP contribution is -2.74. The summed E-state index contributed by atoms with van der Waals surface area (Å²) in [5.74, 6) is 2.79. The minimum Gasteiger partial charge on any atom is -0.504 e. The smallest absolute Gasteiger partial charge is 0.166 e. The molecule has 9 aliphatic rings. The summed E-state index contributed by atoms with van der Waals surface area (Å²) >= 11 is 0. The molecule has 0 amide bonds. The molecule has 1 aromatic heterocycles. The molecule has 8 bridgehead atoms. The van der Waals surface area contributed by atoms with Gasteiger partial charge in [-0.15, -0.1) is 0 Å². The van der Waals surface area contributed by atoms with Crippen LogP contribution < -0.4 is 9.47 Å². The van der Waals surface area contributed by atoms with E-state index in [2.05, 4.69) is 20.9 Å². The molecule has 0 radical (unpaired) electrons. The lowest BCUT2D eigenvalue weighted by molar-refractivity contribution is -0.173. The summed E-state index contributed by atoms with van der Waals surface area (Å²) in [7, 11) is 0. The average Bonchev–Trinajstić information content (AvgIpc) is 4.01. The summed E-state index contributed by atoms with van der Waals surface area (Å²) in [6, 6.07) is 7.51. The first-order valence-electron chi connectivity index (χ1n) is 19.4. The van der Waals surface area contributed by atoms with Crippen molar-refractivity contribution in [3.63, 3.8) is 0 Å². The quantitative estimate of drug-likeness (QED) is 0.274. The van der Waals surface area contributed by atoms with E-state index in [-0.39, 0.29) is 23.6 Å². The van der Waals surface area contributed by atoms with Crippen LogP contribution in [0.1, 0.15) is 102 Å². The van der Waals surface area contributed by atoms with Gasteiger partial charge in [0.05, 0.1) is 28.0 Å². The van der Waals surface area contributed by atoms with E-state index in [9.17, 15) is 20.4 Å². The summed E-state index contributed by atoms with van der Waals surface area (Å²) in [5.41, 5.74) is 5.61. The number of hydrogen-bond acceptors (Lipinski definition) is 8. The maximum Gasteiger partial charge on any atom is 0.166 e. The third-order valence-electron chi connectivity index (χ3n) is 15.0. The SMILES string of the molecule is Oc1ccc2c3c1O[C@@H]1C[C@@](O)(Cc4c1[nH]c1c4C[C@@]4(O)C5Cc6ccc(O)c7c6[C@@]4(CCN5CC4CC4)[C@H]1O7)[C@@H](C2)N(CC1CC1)CCC3. The molecule has 1 saturated heterocycles. The van der Waals surface area contributed by atoms with Crippen molar-refractivity contribution in [1.29, 1.82) is 0 Å². The number of aliphatic hydroxyl groups is 2. The normalized spacial score (nSPS) is 37.6. The second-order valence-electron chi connectivity index (χ2n) is 17.7. The fourth-order valence-corrected chi connectivity index (χ4v) is 12.3. The van der Waals surface area contributed by atoms with Gasteiger partial charge in [0.25, 0.3) is 0 Å². The van der Waals surface area contributed by atoms with Crippen molar-refractivity contribution in [3.8, 4) is 23.0 Å². The second kappa shape index (κ2) is 9.59. The van der Waals surface area contributed by atoms with Crippen molar-refractivity contribution < 1.29 is 29.9 Å². The molecule has 4 aliphatic heterocycles. The molecule has 9 nitrogen and oxygen atoms in total. The fourth-order valence-electron chi connectivity index (χ4n) is 12.3. The minimum atomic E-state index is -1.10. The number of piperidine rings is 1. The zero-order valence-corrected chi connectivity index (χ0v) is 28.6. The Morgan fingerprint density at radius 3 is 2.24 bits per heavy atom. The molecule has 2 saturated carbocycles. The third kappa shape index (κ3) is 3.67. The van der Waals surface area contributed by atoms with E-state index in [1.165, 1.54) is 36.8 Å². The predicted molar refractivity (Wildman–Crippen MR) is 184 cm³/mol. The predicted octanol–water partition coefficient (Wildman–Crippen LogP) is 4.51. The van der Waals surface area contributed by atoms with Gasteiger partial charge in [0, 0.05) is 55.6 Å². The van der Waals surface area contributed by atoms with Crippen molar-refractivity contribution in [3.05, 3.63) is 69.0 Å². The number of benzene rings is 2. The van der Waals surface area contributed by atoms with E-state index in [1.807, 2.05) is 6.07 Å². The van der Waals surface area contributed by atoms with Gasteiger partial charge < -0.3 is 34.9 Å². The van der Waals surface area contributed by atoms with Gasteiger partial charge in [-0.3, -0.25) is 9.80 Å². The Hall–Kier alpha value is -3.24. The van der Waals surface area contributed by atoms with E-state index in [0.29, 0.717) is 42.6 Å². The van der Waals surface area contributed by atoms with Gasteiger partial charge in [0.2, 0.25) is 0 Å². The molecule has 5 aliphatic carbocycles. The number of phenols is 2. The topological polar surface area (TPSA) is 122 Å². The van der Waals surface area contributed by atoms with Gasteiger partial charge in [0.1, 0.15) is 6.10 Å². The van der Waals surface area contributed by atoms with Crippen molar-refractivity contribution in [2.75, 3.05) is 26.2 Å². The molecule has 7 atom stereocenters. The first-order chi connectivity index (χ1) is 24.2. The number of ether oxygens (including phenoxy) is 2. The molecule has 9 heteroatoms. The number of aromatic amines is 1. The van der Waals surface area contributed by atoms with Gasteiger partial charge in [0.15, 0.2) is 29.1 Å². The number of fused-ring (bicyclic) bond motifs is 9. The Bertz CT molecular complexity index is 1980. The number of nitrogens with one attached hydrogen (secondary N) is 1. The fraction of sp³-hybridized carbons (Fsp3) is 0.610. The van der Waals surface area contributed by atoms with Gasteiger partial charge >= 0.3 is 0 Å². The van der Waals surface area contributed by atoms with Crippen LogP contribution in [-0.2, 0) is 37.5 Å². The monoisotopic (exact) mass is 677 g/mol. The minimum absolute atomic E-state index is 0.0573. The molecule has 262 valence electrons. The molecule has 5 N–H and O–H groups in total. The summed E-state index contributed by atoms with van der Waals surface area (Å²) in [5, 5.41) is 49.2. The van der Waals surface area contributed by atoms with Crippen LogP contribution in [0.4, 0.5) is 0 Å². The maximum atomic E-state index is 13.5. The highest BCUT2D eigenvalue weighted by molar-refractivity contribution is 5.65. The highest BCUT2D eigenvalue weighted by Gasteiger charge is 2.73. The number of rotatable bonds is 4. The Morgan fingerprint density at radius 2 is 1.46 bits per heavy atom. The first-order valence-corrected chi connectivity index (χ1v) is 19.4. The average molecular weight is 678 g/mol. The van der Waals surface area contributed by atoms with Crippen LogP contribution in [0.25, 0.3) is 0 Å². The van der Waals surface area contributed by atoms with Crippen molar-refractivity contribution >= 4 is 0 Å². The second-order valence-corrected chi connectivity index (χ2v) is 17.7. The summed E-state index contributed by atoms with van der Waals surface area (Å²) in [6.45, 7) is 3.85. The van der Waals surface area contributed by atoms with Crippen LogP contribution in [0, 0.1) is 11.8 Å². The number of aromatic nitrogens is 1. The zero-order chi connectivity index (χ0) is 33.3. The van der Waals surface area contributed by atoms with E-state index in [0.717, 1.165) is 91.9 Å². The Labute approximate surface area is 292 Å². The van der Waals surface area contributed by atoms with Gasteiger partial charge in [-0.05, 0) is 117 Å². The van der Waals surface area contributed by atoms with E-state index in [4.69, 9.17) is 9.47 Å². The Morgan fingerprint density at radius 1 is 0.760 bits per heavy atom. The van der Waals surface area contributed by atoms with Crippen LogP contribution >= 0.6 is 0 Å². The zero-order valence-electron chi connectivity index (χ0n) is 28.6. The van der Waals surface area contributed by atoms with Crippen molar-refractivity contribution in [2.45, 2.75) is 118 Å². The van der Waals surface area contributed by atoms with Crippen LogP contribution in [0.15, 0.2) is 24.3 Å². The Kier molecular flexibility index (Phi) is 5.63. The summed E-state index contributed by atoms with van der Waals surface area (Å²) in [4.78, 5) is 9.02. The summed E-state index contributed by atoms with van der Waals surface area (Å²) in [6.07, 6.45) is 9.45. The molecule has 3 fully saturated rings. The molecule has 12 rings (SSSR count). The van der Waals surface area contributed by atoms with Gasteiger partial charge in [-0.25, -0.2) is 0 Å². The standard InChI is InChI=1S/C41H47N3O6/c45-28-9-7-23-14-31-39(47)16-26-27-17-41(48)32-15-24-8-10-29(46)37-33(24)40(41,11-13-44(32)20-22-5-6-22)38(50-37)35(27)42-34(26)30(18-39)49-36(28)25(23)2-1-12-43(31)19-21-3-4-21/h7-10,21-22,30-32,38,42,45-48H,1-6,11-20H2/t30-,31-,32?,38+,39+,40+,41-/m1/s1. The lowest BCUT2D eigenvalue weighted by atomic mass is 9.48. The molecule has 5 heterocycles. The molecular weight excluding hydrogens is 630 g/mol. The number of nitrogens with zero attached hydrogens (tertiary/aromatic N) is 2. The summed E-state index contributed by atoms with van der Waals surface area (Å²) < 4.78 is 13.9. The third-order valence-corrected chi connectivity index (χ3v) is 15.0. The number of aromatic hydroxyl groups is 2. The van der Waals surface area contributed by atoms with E-state index < -0.39 is 28.8 Å². The Balaban J connectivity index is 1.05. The van der Waals surface area contributed by atoms with Gasteiger partial charge in [-0.2, -0.15) is 0 Å². The maximum absolute atomic E-state index is 13.5. The van der Waals surface area contributed by atoms with Crippen LogP contribution in [-0.4, -0.2) is 84.7 Å². The molecule has 2 aromatic carbocycles. The molecule has 1 unspecified atom stereocenters. The number of H-pyrrole nitrogens is 1. The van der Waals surface area contributed by atoms with Crippen molar-refractivity contribution in [2.24, 2.45) is 11.8 Å². The van der Waals surface area contributed by atoms with Crippen LogP contribution in [0.3, 0.4) is 0 Å².